The van der Waals surface area contributed by atoms with Gasteiger partial charge in [0.05, 0.1) is 17.0 Å². The molecule has 2 heterocycles. The lowest BCUT2D eigenvalue weighted by Gasteiger charge is -2.16. The lowest BCUT2D eigenvalue weighted by Crippen LogP contribution is -2.34. The van der Waals surface area contributed by atoms with Crippen LogP contribution >= 0.6 is 0 Å². The van der Waals surface area contributed by atoms with Gasteiger partial charge in [0.15, 0.2) is 9.84 Å². The van der Waals surface area contributed by atoms with E-state index in [9.17, 15) is 17.6 Å². The molecule has 2 aromatic rings. The Bertz CT molecular complexity index is 951. The Morgan fingerprint density at radius 3 is 2.72 bits per heavy atom. The van der Waals surface area contributed by atoms with Crippen molar-refractivity contribution in [3.05, 3.63) is 46.0 Å². The number of nitrogens with zero attached hydrogens (tertiary/aromatic N) is 1. The van der Waals surface area contributed by atoms with Gasteiger partial charge < -0.3 is 9.88 Å². The maximum absolute atomic E-state index is 13.6. The Morgan fingerprint density at radius 2 is 2.08 bits per heavy atom. The van der Waals surface area contributed by atoms with Crippen LogP contribution in [-0.2, 0) is 22.9 Å². The average molecular weight is 366 g/mol. The number of halogens is 1. The average Bonchev–Trinajstić information content (AvgIpc) is 2.88. The first-order valence-corrected chi connectivity index (χ1v) is 10.3. The molecule has 1 saturated heterocycles. The van der Waals surface area contributed by atoms with E-state index in [2.05, 4.69) is 5.32 Å². The summed E-state index contributed by atoms with van der Waals surface area (Å²) in [7, 11) is -2.96. The molecule has 0 radical (unpaired) electrons. The number of pyridine rings is 1. The van der Waals surface area contributed by atoms with Crippen molar-refractivity contribution in [2.24, 2.45) is 5.92 Å². The smallest absolute Gasteiger partial charge is 0.255 e. The summed E-state index contributed by atoms with van der Waals surface area (Å²) in [5, 5.41) is 3.99. The van der Waals surface area contributed by atoms with E-state index in [-0.39, 0.29) is 34.8 Å². The van der Waals surface area contributed by atoms with E-state index in [1.54, 1.807) is 16.7 Å². The fourth-order valence-electron chi connectivity index (χ4n) is 3.29. The van der Waals surface area contributed by atoms with Crippen LogP contribution in [0, 0.1) is 11.7 Å². The van der Waals surface area contributed by atoms with Gasteiger partial charge in [-0.3, -0.25) is 4.79 Å². The fraction of sp³-hybridized carbons (Fsp3) is 0.500. The second-order valence-electron chi connectivity index (χ2n) is 7.16. The van der Waals surface area contributed by atoms with Crippen molar-refractivity contribution in [2.75, 3.05) is 11.5 Å². The second kappa shape index (κ2) is 6.88. The fourth-order valence-corrected chi connectivity index (χ4v) is 5.00. The summed E-state index contributed by atoms with van der Waals surface area (Å²) in [4.78, 5) is 12.8. The number of benzene rings is 1. The van der Waals surface area contributed by atoms with Gasteiger partial charge in [0.25, 0.3) is 5.56 Å². The zero-order chi connectivity index (χ0) is 18.2. The van der Waals surface area contributed by atoms with Crippen molar-refractivity contribution in [2.45, 2.75) is 39.4 Å². The number of hydrogen-bond acceptors (Lipinski definition) is 4. The highest BCUT2D eigenvalue weighted by Crippen LogP contribution is 2.17. The van der Waals surface area contributed by atoms with Crippen LogP contribution in [0.1, 0.15) is 25.8 Å². The largest absolute Gasteiger partial charge is 0.309 e. The van der Waals surface area contributed by atoms with Gasteiger partial charge in [0, 0.05) is 24.7 Å². The number of fused-ring (bicyclic) bond motifs is 1. The third kappa shape index (κ3) is 4.10. The van der Waals surface area contributed by atoms with Crippen LogP contribution in [0.25, 0.3) is 10.9 Å². The third-order valence-corrected chi connectivity index (χ3v) is 6.26. The first-order chi connectivity index (χ1) is 11.7. The molecular formula is C18H23FN2O3S. The van der Waals surface area contributed by atoms with Crippen molar-refractivity contribution in [3.8, 4) is 0 Å². The van der Waals surface area contributed by atoms with Gasteiger partial charge in [-0.2, -0.15) is 0 Å². The van der Waals surface area contributed by atoms with Gasteiger partial charge in [0.2, 0.25) is 0 Å². The Morgan fingerprint density at radius 1 is 1.32 bits per heavy atom. The Labute approximate surface area is 146 Å². The van der Waals surface area contributed by atoms with Gasteiger partial charge >= 0.3 is 0 Å². The first-order valence-electron chi connectivity index (χ1n) is 8.51. The molecule has 1 atom stereocenters. The molecule has 1 aromatic carbocycles. The van der Waals surface area contributed by atoms with Crippen LogP contribution < -0.4 is 10.9 Å². The number of sulfone groups is 1. The molecule has 136 valence electrons. The monoisotopic (exact) mass is 366 g/mol. The summed E-state index contributed by atoms with van der Waals surface area (Å²) >= 11 is 0. The van der Waals surface area contributed by atoms with Crippen LogP contribution in [-0.4, -0.2) is 30.5 Å². The van der Waals surface area contributed by atoms with E-state index in [1.807, 2.05) is 13.8 Å². The molecule has 1 aliphatic rings. The Kier molecular flexibility index (Phi) is 4.97. The summed E-state index contributed by atoms with van der Waals surface area (Å²) in [6, 6.07) is 6.09. The Hall–Kier alpha value is -1.73. The topological polar surface area (TPSA) is 68.2 Å². The van der Waals surface area contributed by atoms with Gasteiger partial charge in [-0.15, -0.1) is 0 Å². The molecule has 0 amide bonds. The van der Waals surface area contributed by atoms with Crippen molar-refractivity contribution in [3.63, 3.8) is 0 Å². The van der Waals surface area contributed by atoms with Crippen molar-refractivity contribution < 1.29 is 12.8 Å². The molecular weight excluding hydrogens is 343 g/mol. The third-order valence-electron chi connectivity index (χ3n) is 4.49. The van der Waals surface area contributed by atoms with E-state index in [1.165, 1.54) is 12.1 Å². The normalized spacial score (nSPS) is 19.8. The summed E-state index contributed by atoms with van der Waals surface area (Å²) in [6.07, 6.45) is 0.571. The van der Waals surface area contributed by atoms with Gasteiger partial charge in [-0.1, -0.05) is 13.8 Å². The highest BCUT2D eigenvalue weighted by Gasteiger charge is 2.27. The number of hydrogen-bond donors (Lipinski definition) is 1. The first kappa shape index (κ1) is 18.1. The minimum Gasteiger partial charge on any atom is -0.309 e. The lowest BCUT2D eigenvalue weighted by atomic mass is 10.1. The molecule has 0 bridgehead atoms. The molecule has 5 nitrogen and oxygen atoms in total. The van der Waals surface area contributed by atoms with Gasteiger partial charge in [-0.05, 0) is 42.0 Å². The number of rotatable bonds is 5. The van der Waals surface area contributed by atoms with Crippen LogP contribution in [0.2, 0.25) is 0 Å². The minimum atomic E-state index is -2.96. The summed E-state index contributed by atoms with van der Waals surface area (Å²) in [5.74, 6) is 0.185. The molecule has 1 N–H and O–H groups in total. The molecule has 1 aliphatic heterocycles. The molecule has 1 aromatic heterocycles. The van der Waals surface area contributed by atoms with Crippen molar-refractivity contribution in [1.82, 2.24) is 9.88 Å². The lowest BCUT2D eigenvalue weighted by molar-refractivity contribution is 0.512. The van der Waals surface area contributed by atoms with E-state index in [0.29, 0.717) is 30.6 Å². The summed E-state index contributed by atoms with van der Waals surface area (Å²) < 4.78 is 38.4. The standard InChI is InChI=1S/C18H23FN2O3S/c1-12(2)10-21-17-8-15(19)4-3-13(17)7-14(18(21)22)9-20-16-5-6-25(23,24)11-16/h3-4,7-8,12,16,20H,5-6,9-11H2,1-2H3. The summed E-state index contributed by atoms with van der Waals surface area (Å²) in [6.45, 7) is 4.83. The maximum atomic E-state index is 13.6. The van der Waals surface area contributed by atoms with E-state index >= 15 is 0 Å². The molecule has 1 fully saturated rings. The minimum absolute atomic E-state index is 0.117. The molecule has 7 heteroatoms. The number of nitrogens with one attached hydrogen (secondary N) is 1. The predicted octanol–water partition coefficient (Wildman–Crippen LogP) is 2.07. The van der Waals surface area contributed by atoms with E-state index < -0.39 is 9.84 Å². The molecule has 25 heavy (non-hydrogen) atoms. The van der Waals surface area contributed by atoms with Gasteiger partial charge in [-0.25, -0.2) is 12.8 Å². The van der Waals surface area contributed by atoms with Crippen LogP contribution in [0.15, 0.2) is 29.1 Å². The molecule has 0 saturated carbocycles. The molecule has 0 spiro atoms. The predicted molar refractivity (Wildman–Crippen MR) is 96.9 cm³/mol. The van der Waals surface area contributed by atoms with Crippen molar-refractivity contribution >= 4 is 20.7 Å². The second-order valence-corrected chi connectivity index (χ2v) is 9.39. The molecule has 3 rings (SSSR count). The van der Waals surface area contributed by atoms with Crippen LogP contribution in [0.4, 0.5) is 4.39 Å². The molecule has 1 unspecified atom stereocenters. The van der Waals surface area contributed by atoms with Gasteiger partial charge in [0.1, 0.15) is 5.82 Å². The maximum Gasteiger partial charge on any atom is 0.255 e. The van der Waals surface area contributed by atoms with Crippen LogP contribution in [0.3, 0.4) is 0 Å². The zero-order valence-electron chi connectivity index (χ0n) is 14.5. The summed E-state index contributed by atoms with van der Waals surface area (Å²) in [5.41, 5.74) is 1.01. The van der Waals surface area contributed by atoms with E-state index in [0.717, 1.165) is 5.39 Å². The molecule has 0 aliphatic carbocycles. The van der Waals surface area contributed by atoms with Crippen molar-refractivity contribution in [1.29, 1.82) is 0 Å². The Balaban J connectivity index is 1.94. The quantitative estimate of drug-likeness (QED) is 0.880. The SMILES string of the molecule is CC(C)Cn1c(=O)c(CNC2CCS(=O)(=O)C2)cc2ccc(F)cc21. The highest BCUT2D eigenvalue weighted by molar-refractivity contribution is 7.91. The highest BCUT2D eigenvalue weighted by atomic mass is 32.2. The zero-order valence-corrected chi connectivity index (χ0v) is 15.3. The van der Waals surface area contributed by atoms with E-state index in [4.69, 9.17) is 0 Å². The number of aromatic nitrogens is 1. The van der Waals surface area contributed by atoms with Crippen LogP contribution in [0.5, 0.6) is 0 Å².